The van der Waals surface area contributed by atoms with E-state index in [1.54, 1.807) is 24.3 Å². The van der Waals surface area contributed by atoms with E-state index in [2.05, 4.69) is 39.4 Å². The van der Waals surface area contributed by atoms with E-state index >= 15 is 0 Å². The molecule has 1 unspecified atom stereocenters. The van der Waals surface area contributed by atoms with Gasteiger partial charge in [0.2, 0.25) is 0 Å². The van der Waals surface area contributed by atoms with Gasteiger partial charge in [0.1, 0.15) is 5.82 Å². The molecule has 0 saturated carbocycles. The number of carboxylic acid groups (broad SMARTS) is 1. The summed E-state index contributed by atoms with van der Waals surface area (Å²) < 4.78 is 45.7. The van der Waals surface area contributed by atoms with Gasteiger partial charge < -0.3 is 15.3 Å². The van der Waals surface area contributed by atoms with Crippen molar-refractivity contribution in [1.29, 1.82) is 0 Å². The molecule has 0 spiro atoms. The molecule has 2 N–H and O–H groups in total. The number of alkyl halides is 3. The second kappa shape index (κ2) is 12.9. The fourth-order valence-corrected chi connectivity index (χ4v) is 4.82. The number of amides is 1. The van der Waals surface area contributed by atoms with Gasteiger partial charge in [-0.25, -0.2) is 9.18 Å². The molecule has 1 aromatic heterocycles. The van der Waals surface area contributed by atoms with Crippen molar-refractivity contribution in [2.24, 2.45) is 5.92 Å². The number of thiophene rings is 1. The predicted molar refractivity (Wildman–Crippen MR) is 140 cm³/mol. The van der Waals surface area contributed by atoms with E-state index < -0.39 is 12.1 Å². The average molecular weight is 552 g/mol. The number of nitrogens with zero attached hydrogens (tertiary/aromatic N) is 2. The van der Waals surface area contributed by atoms with Crippen molar-refractivity contribution < 1.29 is 32.3 Å². The zero-order chi connectivity index (χ0) is 27.9. The molecule has 1 atom stereocenters. The van der Waals surface area contributed by atoms with E-state index in [1.807, 2.05) is 19.5 Å². The number of likely N-dealkylation sites (tertiary alicyclic amines) is 1. The molecular weight excluding hydrogens is 522 g/mol. The lowest BCUT2D eigenvalue weighted by molar-refractivity contribution is -0.192. The number of carbonyl (C=O) groups is 2. The Morgan fingerprint density at radius 3 is 2.39 bits per heavy atom. The summed E-state index contributed by atoms with van der Waals surface area (Å²) in [6, 6.07) is 17.1. The van der Waals surface area contributed by atoms with Crippen LogP contribution in [0.3, 0.4) is 0 Å². The van der Waals surface area contributed by atoms with Gasteiger partial charge in [-0.1, -0.05) is 30.3 Å². The van der Waals surface area contributed by atoms with Crippen LogP contribution < -0.4 is 10.2 Å². The van der Waals surface area contributed by atoms with Crippen molar-refractivity contribution in [3.05, 3.63) is 76.2 Å². The van der Waals surface area contributed by atoms with E-state index in [1.165, 1.54) is 28.7 Å². The Kier molecular flexibility index (Phi) is 9.87. The minimum absolute atomic E-state index is 0.0784. The van der Waals surface area contributed by atoms with Crippen molar-refractivity contribution in [2.75, 3.05) is 38.6 Å². The third-order valence-electron chi connectivity index (χ3n) is 6.03. The fraction of sp³-hybridized carbons (Fsp3) is 0.333. The maximum atomic E-state index is 14.0. The number of carboxylic acids is 1. The first-order valence-corrected chi connectivity index (χ1v) is 12.7. The van der Waals surface area contributed by atoms with Gasteiger partial charge in [0.15, 0.2) is 0 Å². The van der Waals surface area contributed by atoms with Gasteiger partial charge in [0.05, 0.1) is 4.88 Å². The van der Waals surface area contributed by atoms with E-state index in [9.17, 15) is 22.4 Å². The molecule has 1 fully saturated rings. The molecule has 1 aliphatic rings. The maximum Gasteiger partial charge on any atom is 0.490 e. The molecule has 6 nitrogen and oxygen atoms in total. The molecular formula is C27H29F4N3O3S. The Bertz CT molecular complexity index is 1230. The lowest BCUT2D eigenvalue weighted by atomic mass is 10.1. The van der Waals surface area contributed by atoms with Gasteiger partial charge in [0.25, 0.3) is 5.91 Å². The molecule has 0 aliphatic carbocycles. The van der Waals surface area contributed by atoms with Crippen LogP contribution >= 0.6 is 11.3 Å². The molecule has 11 heteroatoms. The standard InChI is InChI=1S/C25H28FN3OS.C2HF3O2/c1-28(2)21-9-7-18(8-10-21)15-29-12-11-19(16-29)14-27-25(30)24-13-20(17-31-24)22-5-3-4-6-23(22)26;3-2(4,5)1(6)7/h3-10,13,17,19H,11-12,14-16H2,1-2H3,(H,27,30);(H,6,7). The Hall–Kier alpha value is -3.44. The maximum absolute atomic E-state index is 14.0. The molecule has 0 radical (unpaired) electrons. The molecule has 2 heterocycles. The molecule has 0 bridgehead atoms. The normalized spacial score (nSPS) is 15.5. The van der Waals surface area contributed by atoms with Crippen LogP contribution in [0.15, 0.2) is 60.0 Å². The highest BCUT2D eigenvalue weighted by atomic mass is 32.1. The first-order chi connectivity index (χ1) is 17.9. The Balaban J connectivity index is 0.000000505. The highest BCUT2D eigenvalue weighted by Crippen LogP contribution is 2.28. The molecule has 3 aromatic rings. The van der Waals surface area contributed by atoms with Crippen molar-refractivity contribution in [3.8, 4) is 11.1 Å². The lowest BCUT2D eigenvalue weighted by Gasteiger charge is -2.18. The summed E-state index contributed by atoms with van der Waals surface area (Å²) in [7, 11) is 4.09. The Morgan fingerprint density at radius 1 is 1.13 bits per heavy atom. The number of aliphatic carboxylic acids is 1. The van der Waals surface area contributed by atoms with E-state index in [-0.39, 0.29) is 11.7 Å². The summed E-state index contributed by atoms with van der Waals surface area (Å²) in [4.78, 5) is 26.6. The van der Waals surface area contributed by atoms with Crippen molar-refractivity contribution in [3.63, 3.8) is 0 Å². The first-order valence-electron chi connectivity index (χ1n) is 11.8. The summed E-state index contributed by atoms with van der Waals surface area (Å²) in [6.07, 6.45) is -4.00. The fourth-order valence-electron chi connectivity index (χ4n) is 4.00. The summed E-state index contributed by atoms with van der Waals surface area (Å²) in [6.45, 7) is 3.64. The summed E-state index contributed by atoms with van der Waals surface area (Å²) in [5.74, 6) is -2.65. The van der Waals surface area contributed by atoms with Crippen LogP contribution in [0.2, 0.25) is 0 Å². The number of hydrogen-bond acceptors (Lipinski definition) is 5. The van der Waals surface area contributed by atoms with Gasteiger partial charge in [-0.3, -0.25) is 9.69 Å². The SMILES string of the molecule is CN(C)c1ccc(CN2CCC(CNC(=O)c3cc(-c4ccccc4F)cs3)C2)cc1.O=C(O)C(F)(F)F. The smallest absolute Gasteiger partial charge is 0.475 e. The van der Waals surface area contributed by atoms with Crippen LogP contribution in [-0.4, -0.2) is 61.8 Å². The second-order valence-corrected chi connectivity index (χ2v) is 10.1. The summed E-state index contributed by atoms with van der Waals surface area (Å²) >= 11 is 1.36. The number of carbonyl (C=O) groups excluding carboxylic acids is 1. The third kappa shape index (κ3) is 8.29. The van der Waals surface area contributed by atoms with Gasteiger partial charge in [-0.05, 0) is 59.7 Å². The van der Waals surface area contributed by atoms with Crippen LogP contribution in [0.5, 0.6) is 0 Å². The number of anilines is 1. The van der Waals surface area contributed by atoms with Crippen molar-refractivity contribution in [1.82, 2.24) is 10.2 Å². The van der Waals surface area contributed by atoms with Crippen LogP contribution in [0.4, 0.5) is 23.2 Å². The number of hydrogen-bond donors (Lipinski definition) is 2. The van der Waals surface area contributed by atoms with Gasteiger partial charge in [0, 0.05) is 45.0 Å². The van der Waals surface area contributed by atoms with Crippen LogP contribution in [0, 0.1) is 11.7 Å². The van der Waals surface area contributed by atoms with Gasteiger partial charge in [-0.2, -0.15) is 13.2 Å². The lowest BCUT2D eigenvalue weighted by Crippen LogP contribution is -2.30. The topological polar surface area (TPSA) is 72.9 Å². The van der Waals surface area contributed by atoms with E-state index in [0.717, 1.165) is 31.6 Å². The zero-order valence-electron chi connectivity index (χ0n) is 21.0. The minimum atomic E-state index is -5.08. The molecule has 1 amide bonds. The highest BCUT2D eigenvalue weighted by molar-refractivity contribution is 7.12. The predicted octanol–water partition coefficient (Wildman–Crippen LogP) is 5.51. The number of halogens is 4. The molecule has 204 valence electrons. The summed E-state index contributed by atoms with van der Waals surface area (Å²) in [5.41, 5.74) is 3.80. The van der Waals surface area contributed by atoms with E-state index in [4.69, 9.17) is 9.90 Å². The third-order valence-corrected chi connectivity index (χ3v) is 6.96. The quantitative estimate of drug-likeness (QED) is 0.379. The van der Waals surface area contributed by atoms with Crippen molar-refractivity contribution >= 4 is 28.9 Å². The number of benzene rings is 2. The molecule has 1 saturated heterocycles. The average Bonchev–Trinajstić information content (AvgIpc) is 3.53. The minimum Gasteiger partial charge on any atom is -0.475 e. The first kappa shape index (κ1) is 29.1. The largest absolute Gasteiger partial charge is 0.490 e. The number of nitrogens with one attached hydrogen (secondary N) is 1. The highest BCUT2D eigenvalue weighted by Gasteiger charge is 2.38. The van der Waals surface area contributed by atoms with E-state index in [0.29, 0.717) is 22.9 Å². The molecule has 4 rings (SSSR count). The zero-order valence-corrected chi connectivity index (χ0v) is 21.8. The monoisotopic (exact) mass is 551 g/mol. The van der Waals surface area contributed by atoms with Crippen LogP contribution in [0.1, 0.15) is 21.7 Å². The second-order valence-electron chi connectivity index (χ2n) is 9.14. The summed E-state index contributed by atoms with van der Waals surface area (Å²) in [5, 5.41) is 12.0. The van der Waals surface area contributed by atoms with Crippen LogP contribution in [0.25, 0.3) is 11.1 Å². The van der Waals surface area contributed by atoms with Crippen LogP contribution in [-0.2, 0) is 11.3 Å². The Morgan fingerprint density at radius 2 is 1.79 bits per heavy atom. The molecule has 2 aromatic carbocycles. The van der Waals surface area contributed by atoms with Gasteiger partial charge >= 0.3 is 12.1 Å². The number of rotatable bonds is 7. The Labute approximate surface area is 222 Å². The van der Waals surface area contributed by atoms with Gasteiger partial charge in [-0.15, -0.1) is 11.3 Å². The molecule has 38 heavy (non-hydrogen) atoms. The van der Waals surface area contributed by atoms with Crippen molar-refractivity contribution in [2.45, 2.75) is 19.1 Å². The molecule has 1 aliphatic heterocycles.